The minimum Gasteiger partial charge on any atom is -0.378 e. The Kier molecular flexibility index (Phi) is 2.68. The molecule has 0 aromatic heterocycles. The fraction of sp³-hybridized carbons (Fsp3) is 0.231. The molecule has 0 saturated carbocycles. The van der Waals surface area contributed by atoms with Gasteiger partial charge in [0.1, 0.15) is 0 Å². The van der Waals surface area contributed by atoms with Gasteiger partial charge in [0.15, 0.2) is 0 Å². The third-order valence-electron chi connectivity index (χ3n) is 2.47. The van der Waals surface area contributed by atoms with Crippen molar-refractivity contribution in [1.29, 1.82) is 0 Å². The number of allylic oxidation sites excluding steroid dienone is 2. The molecule has 0 heterocycles. The first-order chi connectivity index (χ1) is 6.86. The fourth-order valence-corrected chi connectivity index (χ4v) is 1.62. The van der Waals surface area contributed by atoms with Gasteiger partial charge in [-0.15, -0.1) is 0 Å². The van der Waals surface area contributed by atoms with Crippen LogP contribution in [0.25, 0.3) is 0 Å². The average molecular weight is 185 g/mol. The van der Waals surface area contributed by atoms with E-state index < -0.39 is 0 Å². The zero-order valence-electron chi connectivity index (χ0n) is 8.40. The van der Waals surface area contributed by atoms with Gasteiger partial charge in [0.25, 0.3) is 0 Å². The van der Waals surface area contributed by atoms with Crippen LogP contribution in [0, 0.1) is 6.92 Å². The first-order valence-corrected chi connectivity index (χ1v) is 5.02. The van der Waals surface area contributed by atoms with Crippen LogP contribution in [-0.4, -0.2) is 6.04 Å². The van der Waals surface area contributed by atoms with Crippen LogP contribution in [0.5, 0.6) is 0 Å². The topological polar surface area (TPSA) is 12.0 Å². The molecule has 1 nitrogen and oxygen atoms in total. The Balaban J connectivity index is 2.07. The van der Waals surface area contributed by atoms with Gasteiger partial charge in [0.05, 0.1) is 0 Å². The summed E-state index contributed by atoms with van der Waals surface area (Å²) in [4.78, 5) is 0. The van der Waals surface area contributed by atoms with Crippen LogP contribution in [-0.2, 0) is 0 Å². The molecule has 0 saturated heterocycles. The van der Waals surface area contributed by atoms with Gasteiger partial charge in [-0.25, -0.2) is 0 Å². The number of nitrogens with one attached hydrogen (secondary N) is 1. The first kappa shape index (κ1) is 9.07. The third-order valence-corrected chi connectivity index (χ3v) is 2.47. The van der Waals surface area contributed by atoms with Crippen LogP contribution in [0.15, 0.2) is 48.6 Å². The van der Waals surface area contributed by atoms with Crippen LogP contribution in [0.1, 0.15) is 12.0 Å². The maximum atomic E-state index is 3.51. The van der Waals surface area contributed by atoms with Gasteiger partial charge in [0, 0.05) is 11.7 Å². The predicted molar refractivity (Wildman–Crippen MR) is 61.5 cm³/mol. The van der Waals surface area contributed by atoms with E-state index in [1.807, 2.05) is 0 Å². The zero-order chi connectivity index (χ0) is 9.80. The molecule has 1 atom stereocenters. The molecule has 2 rings (SSSR count). The summed E-state index contributed by atoms with van der Waals surface area (Å²) in [6, 6.07) is 8.84. The van der Waals surface area contributed by atoms with Gasteiger partial charge in [-0.3, -0.25) is 0 Å². The van der Waals surface area contributed by atoms with Crippen molar-refractivity contribution >= 4 is 5.69 Å². The lowest BCUT2D eigenvalue weighted by Crippen LogP contribution is -2.17. The maximum Gasteiger partial charge on any atom is 0.0482 e. The molecule has 1 aliphatic carbocycles. The first-order valence-electron chi connectivity index (χ1n) is 5.02. The van der Waals surface area contributed by atoms with E-state index in [1.54, 1.807) is 0 Å². The van der Waals surface area contributed by atoms with Crippen molar-refractivity contribution in [3.8, 4) is 0 Å². The fourth-order valence-electron chi connectivity index (χ4n) is 1.62. The molecule has 1 heteroatoms. The normalized spacial score (nSPS) is 19.6. The van der Waals surface area contributed by atoms with E-state index in [1.165, 1.54) is 11.3 Å². The molecule has 0 fully saturated rings. The molecule has 1 unspecified atom stereocenters. The lowest BCUT2D eigenvalue weighted by Gasteiger charge is -2.17. The Morgan fingerprint density at radius 1 is 1.21 bits per heavy atom. The highest BCUT2D eigenvalue weighted by Gasteiger charge is 2.05. The largest absolute Gasteiger partial charge is 0.378 e. The van der Waals surface area contributed by atoms with Gasteiger partial charge in [0.2, 0.25) is 0 Å². The highest BCUT2D eigenvalue weighted by molar-refractivity contribution is 5.52. The monoisotopic (exact) mass is 185 g/mol. The van der Waals surface area contributed by atoms with Crippen molar-refractivity contribution in [2.24, 2.45) is 0 Å². The Bertz CT molecular complexity index is 363. The molecule has 72 valence electrons. The number of rotatable bonds is 2. The minimum atomic E-state index is 0.445. The summed E-state index contributed by atoms with van der Waals surface area (Å²) in [5, 5.41) is 3.51. The van der Waals surface area contributed by atoms with Crippen molar-refractivity contribution in [3.05, 3.63) is 54.1 Å². The van der Waals surface area contributed by atoms with Gasteiger partial charge >= 0.3 is 0 Å². The standard InChI is InChI=1S/C13H15N/c1-11-7-5-6-10-13(11)14-12-8-3-2-4-9-12/h2-8,10,12,14H,9H2,1H3. The van der Waals surface area contributed by atoms with E-state index in [9.17, 15) is 0 Å². The van der Waals surface area contributed by atoms with Gasteiger partial charge < -0.3 is 5.32 Å². The van der Waals surface area contributed by atoms with Crippen LogP contribution in [0.2, 0.25) is 0 Å². The Morgan fingerprint density at radius 2 is 2.07 bits per heavy atom. The van der Waals surface area contributed by atoms with Crippen LogP contribution >= 0.6 is 0 Å². The molecule has 0 aliphatic heterocycles. The smallest absolute Gasteiger partial charge is 0.0482 e. The Morgan fingerprint density at radius 3 is 2.79 bits per heavy atom. The maximum absolute atomic E-state index is 3.51. The van der Waals surface area contributed by atoms with E-state index in [0.29, 0.717) is 6.04 Å². The summed E-state index contributed by atoms with van der Waals surface area (Å²) in [6.45, 7) is 2.13. The predicted octanol–water partition coefficient (Wildman–Crippen LogP) is 3.29. The second kappa shape index (κ2) is 4.14. The molecular formula is C13H15N. The molecule has 1 aromatic carbocycles. The quantitative estimate of drug-likeness (QED) is 0.745. The molecule has 0 spiro atoms. The highest BCUT2D eigenvalue weighted by atomic mass is 14.9. The summed E-state index contributed by atoms with van der Waals surface area (Å²) in [5.41, 5.74) is 2.54. The van der Waals surface area contributed by atoms with E-state index in [4.69, 9.17) is 0 Å². The molecule has 1 aromatic rings. The zero-order valence-corrected chi connectivity index (χ0v) is 8.40. The van der Waals surface area contributed by atoms with Gasteiger partial charge in [-0.1, -0.05) is 42.5 Å². The number of hydrogen-bond acceptors (Lipinski definition) is 1. The van der Waals surface area contributed by atoms with Crippen molar-refractivity contribution in [3.63, 3.8) is 0 Å². The second-order valence-corrected chi connectivity index (χ2v) is 3.61. The highest BCUT2D eigenvalue weighted by Crippen LogP contribution is 2.17. The van der Waals surface area contributed by atoms with Crippen molar-refractivity contribution in [2.75, 3.05) is 5.32 Å². The summed E-state index contributed by atoms with van der Waals surface area (Å²) < 4.78 is 0. The average Bonchev–Trinajstić information content (AvgIpc) is 2.23. The van der Waals surface area contributed by atoms with E-state index >= 15 is 0 Å². The van der Waals surface area contributed by atoms with Crippen molar-refractivity contribution in [2.45, 2.75) is 19.4 Å². The number of benzene rings is 1. The molecule has 1 aliphatic rings. The van der Waals surface area contributed by atoms with E-state index in [-0.39, 0.29) is 0 Å². The Hall–Kier alpha value is -1.50. The molecule has 1 N–H and O–H groups in total. The molecule has 0 amide bonds. The van der Waals surface area contributed by atoms with Crippen LogP contribution < -0.4 is 5.32 Å². The molecule has 0 radical (unpaired) electrons. The summed E-state index contributed by atoms with van der Waals surface area (Å²) in [7, 11) is 0. The van der Waals surface area contributed by atoms with Gasteiger partial charge in [-0.2, -0.15) is 0 Å². The van der Waals surface area contributed by atoms with Gasteiger partial charge in [-0.05, 0) is 25.0 Å². The molecule has 0 bridgehead atoms. The molecular weight excluding hydrogens is 170 g/mol. The summed E-state index contributed by atoms with van der Waals surface area (Å²) in [6.07, 6.45) is 9.66. The minimum absolute atomic E-state index is 0.445. The number of anilines is 1. The Labute approximate surface area is 85.2 Å². The molecule has 14 heavy (non-hydrogen) atoms. The number of aryl methyl sites for hydroxylation is 1. The lowest BCUT2D eigenvalue weighted by molar-refractivity contribution is 0.881. The van der Waals surface area contributed by atoms with E-state index in [2.05, 4.69) is 60.8 Å². The van der Waals surface area contributed by atoms with Crippen LogP contribution in [0.4, 0.5) is 5.69 Å². The number of hydrogen-bond donors (Lipinski definition) is 1. The van der Waals surface area contributed by atoms with Crippen LogP contribution in [0.3, 0.4) is 0 Å². The van der Waals surface area contributed by atoms with E-state index in [0.717, 1.165) is 6.42 Å². The SMILES string of the molecule is Cc1ccccc1NC1C=CC=CC1. The van der Waals surface area contributed by atoms with Crippen molar-refractivity contribution < 1.29 is 0 Å². The number of para-hydroxylation sites is 1. The lowest BCUT2D eigenvalue weighted by atomic mass is 10.1. The van der Waals surface area contributed by atoms with Crippen molar-refractivity contribution in [1.82, 2.24) is 0 Å². The summed E-state index contributed by atoms with van der Waals surface area (Å²) in [5.74, 6) is 0. The third kappa shape index (κ3) is 2.05. The second-order valence-electron chi connectivity index (χ2n) is 3.61. The summed E-state index contributed by atoms with van der Waals surface area (Å²) >= 11 is 0.